The van der Waals surface area contributed by atoms with Gasteiger partial charge in [-0.05, 0) is 12.8 Å². The van der Waals surface area contributed by atoms with Gasteiger partial charge in [-0.2, -0.15) is 0 Å². The molecule has 0 unspecified atom stereocenters. The van der Waals surface area contributed by atoms with Gasteiger partial charge in [0, 0.05) is 25.0 Å². The van der Waals surface area contributed by atoms with Crippen LogP contribution in [-0.4, -0.2) is 42.3 Å². The van der Waals surface area contributed by atoms with E-state index < -0.39 is 0 Å². The van der Waals surface area contributed by atoms with Gasteiger partial charge in [-0.15, -0.1) is 0 Å². The Hall–Kier alpha value is -0.770. The first-order valence-electron chi connectivity index (χ1n) is 5.31. The van der Waals surface area contributed by atoms with Crippen molar-refractivity contribution in [1.29, 1.82) is 0 Å². The highest BCUT2D eigenvalue weighted by molar-refractivity contribution is 5.76. The van der Waals surface area contributed by atoms with Gasteiger partial charge >= 0.3 is 6.03 Å². The minimum absolute atomic E-state index is 0.00438. The van der Waals surface area contributed by atoms with Gasteiger partial charge in [0.15, 0.2) is 0 Å². The molecule has 14 heavy (non-hydrogen) atoms. The number of aliphatic hydroxyl groups is 1. The number of amides is 2. The van der Waals surface area contributed by atoms with Crippen molar-refractivity contribution in [2.45, 2.75) is 26.7 Å². The van der Waals surface area contributed by atoms with E-state index in [1.54, 1.807) is 4.90 Å². The van der Waals surface area contributed by atoms with Crippen molar-refractivity contribution >= 4 is 6.03 Å². The van der Waals surface area contributed by atoms with E-state index in [9.17, 15) is 9.90 Å². The number of nitrogens with zero attached hydrogens (tertiary/aromatic N) is 1. The maximum Gasteiger partial charge on any atom is 0.317 e. The summed E-state index contributed by atoms with van der Waals surface area (Å²) in [5, 5.41) is 12.1. The molecule has 82 valence electrons. The Kier molecular flexibility index (Phi) is 3.75. The van der Waals surface area contributed by atoms with Crippen molar-refractivity contribution in [3.05, 3.63) is 0 Å². The summed E-state index contributed by atoms with van der Waals surface area (Å²) in [7, 11) is 0. The molecule has 0 aliphatic carbocycles. The van der Waals surface area contributed by atoms with Gasteiger partial charge in [-0.3, -0.25) is 0 Å². The molecular weight excluding hydrogens is 180 g/mol. The molecule has 2 amide bonds. The molecular formula is C10H20N2O2. The van der Waals surface area contributed by atoms with Gasteiger partial charge < -0.3 is 15.3 Å². The summed E-state index contributed by atoms with van der Waals surface area (Å²) >= 11 is 0. The van der Waals surface area contributed by atoms with Crippen LogP contribution < -0.4 is 5.32 Å². The maximum atomic E-state index is 11.3. The molecule has 1 fully saturated rings. The summed E-state index contributed by atoms with van der Waals surface area (Å²) in [6.45, 7) is 6.45. The zero-order chi connectivity index (χ0) is 10.6. The molecule has 1 rings (SSSR count). The number of nitrogens with one attached hydrogen (secondary N) is 1. The van der Waals surface area contributed by atoms with Crippen LogP contribution in [0.5, 0.6) is 0 Å². The number of carbonyl (C=O) groups is 1. The first-order valence-corrected chi connectivity index (χ1v) is 5.31. The molecule has 0 aromatic heterocycles. The van der Waals surface area contributed by atoms with Crippen molar-refractivity contribution in [2.24, 2.45) is 5.41 Å². The van der Waals surface area contributed by atoms with Crippen LogP contribution in [0.15, 0.2) is 0 Å². The molecule has 0 saturated carbocycles. The largest absolute Gasteiger partial charge is 0.396 e. The van der Waals surface area contributed by atoms with E-state index in [0.717, 1.165) is 25.9 Å². The average molecular weight is 200 g/mol. The molecule has 0 atom stereocenters. The number of rotatable bonds is 5. The second kappa shape index (κ2) is 4.64. The molecule has 0 aromatic carbocycles. The number of aliphatic hydroxyl groups excluding tert-OH is 1. The maximum absolute atomic E-state index is 11.3. The SMILES string of the molecule is CCC(CC)(CO)CN1CCNC1=O. The summed E-state index contributed by atoms with van der Waals surface area (Å²) in [5.41, 5.74) is -0.109. The number of urea groups is 1. The smallest absolute Gasteiger partial charge is 0.317 e. The van der Waals surface area contributed by atoms with Crippen LogP contribution in [-0.2, 0) is 0 Å². The van der Waals surface area contributed by atoms with Crippen LogP contribution in [0.3, 0.4) is 0 Å². The molecule has 1 saturated heterocycles. The van der Waals surface area contributed by atoms with Crippen LogP contribution >= 0.6 is 0 Å². The van der Waals surface area contributed by atoms with Crippen LogP contribution in [0.2, 0.25) is 0 Å². The minimum Gasteiger partial charge on any atom is -0.396 e. The average Bonchev–Trinajstić information content (AvgIpc) is 2.61. The van der Waals surface area contributed by atoms with E-state index in [1.165, 1.54) is 0 Å². The zero-order valence-corrected chi connectivity index (χ0v) is 9.05. The zero-order valence-electron chi connectivity index (χ0n) is 9.05. The lowest BCUT2D eigenvalue weighted by atomic mass is 9.83. The third kappa shape index (κ3) is 2.18. The molecule has 1 aliphatic rings. The lowest BCUT2D eigenvalue weighted by molar-refractivity contribution is 0.0835. The quantitative estimate of drug-likeness (QED) is 0.690. The van der Waals surface area contributed by atoms with E-state index in [4.69, 9.17) is 0 Å². The standard InChI is InChI=1S/C10H20N2O2/c1-3-10(4-2,8-13)7-12-6-5-11-9(12)14/h13H,3-8H2,1-2H3,(H,11,14). The van der Waals surface area contributed by atoms with Crippen LogP contribution in [0.4, 0.5) is 4.79 Å². The second-order valence-corrected chi connectivity index (χ2v) is 4.02. The summed E-state index contributed by atoms with van der Waals surface area (Å²) in [6, 6.07) is 0.00438. The summed E-state index contributed by atoms with van der Waals surface area (Å²) in [6.07, 6.45) is 1.81. The lowest BCUT2D eigenvalue weighted by Gasteiger charge is -2.33. The Morgan fingerprint density at radius 2 is 2.14 bits per heavy atom. The number of hydrogen-bond acceptors (Lipinski definition) is 2. The fourth-order valence-electron chi connectivity index (χ4n) is 1.81. The molecule has 4 nitrogen and oxygen atoms in total. The highest BCUT2D eigenvalue weighted by Gasteiger charge is 2.31. The molecule has 0 bridgehead atoms. The molecule has 1 aliphatic heterocycles. The van der Waals surface area contributed by atoms with Crippen molar-refractivity contribution < 1.29 is 9.90 Å². The highest BCUT2D eigenvalue weighted by atomic mass is 16.3. The van der Waals surface area contributed by atoms with Crippen LogP contribution in [0.1, 0.15) is 26.7 Å². The van der Waals surface area contributed by atoms with Crippen LogP contribution in [0.25, 0.3) is 0 Å². The Morgan fingerprint density at radius 1 is 1.50 bits per heavy atom. The molecule has 4 heteroatoms. The predicted molar refractivity (Wildman–Crippen MR) is 55.1 cm³/mol. The molecule has 0 aromatic rings. The number of hydrogen-bond donors (Lipinski definition) is 2. The molecule has 0 spiro atoms. The van der Waals surface area contributed by atoms with Crippen molar-refractivity contribution in [3.63, 3.8) is 0 Å². The van der Waals surface area contributed by atoms with E-state index in [2.05, 4.69) is 19.2 Å². The van der Waals surface area contributed by atoms with Crippen molar-refractivity contribution in [3.8, 4) is 0 Å². The first-order chi connectivity index (χ1) is 6.67. The Labute approximate surface area is 85.3 Å². The van der Waals surface area contributed by atoms with Crippen molar-refractivity contribution in [1.82, 2.24) is 10.2 Å². The summed E-state index contributed by atoms with van der Waals surface area (Å²) < 4.78 is 0. The fourth-order valence-corrected chi connectivity index (χ4v) is 1.81. The second-order valence-electron chi connectivity index (χ2n) is 4.02. The predicted octanol–water partition coefficient (Wildman–Crippen LogP) is 0.810. The van der Waals surface area contributed by atoms with E-state index >= 15 is 0 Å². The summed E-state index contributed by atoms with van der Waals surface area (Å²) in [4.78, 5) is 13.1. The highest BCUT2D eigenvalue weighted by Crippen LogP contribution is 2.27. The van der Waals surface area contributed by atoms with Gasteiger partial charge in [0.05, 0.1) is 6.61 Å². The Bertz CT molecular complexity index is 194. The molecule has 1 heterocycles. The van der Waals surface area contributed by atoms with Gasteiger partial charge in [0.1, 0.15) is 0 Å². The monoisotopic (exact) mass is 200 g/mol. The van der Waals surface area contributed by atoms with Gasteiger partial charge in [-0.1, -0.05) is 13.8 Å². The van der Waals surface area contributed by atoms with Gasteiger partial charge in [0.25, 0.3) is 0 Å². The van der Waals surface area contributed by atoms with E-state index in [1.807, 2.05) is 0 Å². The van der Waals surface area contributed by atoms with Gasteiger partial charge in [-0.25, -0.2) is 4.79 Å². The topological polar surface area (TPSA) is 52.6 Å². The molecule has 0 radical (unpaired) electrons. The number of carbonyl (C=O) groups excluding carboxylic acids is 1. The molecule has 2 N–H and O–H groups in total. The van der Waals surface area contributed by atoms with E-state index in [0.29, 0.717) is 6.54 Å². The van der Waals surface area contributed by atoms with Crippen molar-refractivity contribution in [2.75, 3.05) is 26.2 Å². The normalized spacial score (nSPS) is 17.4. The van der Waals surface area contributed by atoms with Gasteiger partial charge in [0.2, 0.25) is 0 Å². The Morgan fingerprint density at radius 3 is 2.50 bits per heavy atom. The summed E-state index contributed by atoms with van der Waals surface area (Å²) in [5.74, 6) is 0. The third-order valence-electron chi connectivity index (χ3n) is 3.31. The van der Waals surface area contributed by atoms with E-state index in [-0.39, 0.29) is 18.1 Å². The minimum atomic E-state index is -0.109. The Balaban J connectivity index is 2.58. The van der Waals surface area contributed by atoms with Crippen LogP contribution in [0, 0.1) is 5.41 Å². The fraction of sp³-hybridized carbons (Fsp3) is 0.900. The lowest BCUT2D eigenvalue weighted by Crippen LogP contribution is -2.41. The third-order valence-corrected chi connectivity index (χ3v) is 3.31. The first kappa shape index (κ1) is 11.3.